The fourth-order valence-corrected chi connectivity index (χ4v) is 3.75. The van der Waals surface area contributed by atoms with Crippen molar-refractivity contribution in [2.45, 2.75) is 52.5 Å². The van der Waals surface area contributed by atoms with E-state index in [2.05, 4.69) is 82.1 Å². The molecule has 0 atom stereocenters. The zero-order chi connectivity index (χ0) is 20.3. The van der Waals surface area contributed by atoms with Gasteiger partial charge in [-0.05, 0) is 62.9 Å². The van der Waals surface area contributed by atoms with Crippen molar-refractivity contribution < 1.29 is 4.74 Å². The second-order valence-electron chi connectivity index (χ2n) is 8.18. The quantitative estimate of drug-likeness (QED) is 0.543. The molecule has 0 saturated heterocycles. The molecule has 1 aliphatic rings. The largest absolute Gasteiger partial charge is 0.496 e. The summed E-state index contributed by atoms with van der Waals surface area (Å²) in [7, 11) is 3.85. The Kier molecular flexibility index (Phi) is 5.93. The van der Waals surface area contributed by atoms with Gasteiger partial charge in [0.05, 0.1) is 18.3 Å². The molecule has 148 valence electrons. The third kappa shape index (κ3) is 4.14. The maximum atomic E-state index is 5.68. The molecule has 0 radical (unpaired) electrons. The summed E-state index contributed by atoms with van der Waals surface area (Å²) in [5, 5.41) is 0. The van der Waals surface area contributed by atoms with Gasteiger partial charge in [0.2, 0.25) is 0 Å². The standard InChI is InChI=1S/C25H32N2O/c1-7-8-9-19-10-12-21(13-11-19)26-17-20-14-22-18(2)16-25(3,4)27(5)23(22)15-24(20)28-6/h10-17H,7-9H2,1-6H3. The van der Waals surface area contributed by atoms with Gasteiger partial charge in [0.25, 0.3) is 0 Å². The minimum atomic E-state index is -0.0166. The third-order valence-electron chi connectivity index (χ3n) is 5.68. The Bertz CT molecular complexity index is 892. The van der Waals surface area contributed by atoms with Crippen molar-refractivity contribution in [2.24, 2.45) is 4.99 Å². The average Bonchev–Trinajstić information content (AvgIpc) is 2.69. The van der Waals surface area contributed by atoms with Gasteiger partial charge < -0.3 is 9.64 Å². The zero-order valence-electron chi connectivity index (χ0n) is 18.0. The van der Waals surface area contributed by atoms with Gasteiger partial charge in [-0.3, -0.25) is 4.99 Å². The highest BCUT2D eigenvalue weighted by atomic mass is 16.5. The summed E-state index contributed by atoms with van der Waals surface area (Å²) in [4.78, 5) is 6.99. The van der Waals surface area contributed by atoms with E-state index in [0.717, 1.165) is 23.4 Å². The van der Waals surface area contributed by atoms with Crippen LogP contribution in [0.2, 0.25) is 0 Å². The SMILES string of the molecule is CCCCc1ccc(N=Cc2cc3c(cc2OC)N(C)C(C)(C)C=C3C)cc1. The van der Waals surface area contributed by atoms with Crippen LogP contribution in [0.5, 0.6) is 5.75 Å². The Balaban J connectivity index is 1.90. The van der Waals surface area contributed by atoms with E-state index in [1.807, 2.05) is 6.21 Å². The Morgan fingerprint density at radius 2 is 1.86 bits per heavy atom. The summed E-state index contributed by atoms with van der Waals surface area (Å²) in [6.07, 6.45) is 7.81. The first-order valence-corrected chi connectivity index (χ1v) is 10.1. The average molecular weight is 377 g/mol. The summed E-state index contributed by atoms with van der Waals surface area (Å²) >= 11 is 0. The van der Waals surface area contributed by atoms with Crippen molar-refractivity contribution in [3.63, 3.8) is 0 Å². The highest BCUT2D eigenvalue weighted by Gasteiger charge is 2.29. The number of anilines is 1. The number of aliphatic imine (C=N–C) groups is 1. The smallest absolute Gasteiger partial charge is 0.129 e. The second-order valence-corrected chi connectivity index (χ2v) is 8.18. The topological polar surface area (TPSA) is 24.8 Å². The highest BCUT2D eigenvalue weighted by Crippen LogP contribution is 2.41. The fraction of sp³-hybridized carbons (Fsp3) is 0.400. The number of nitrogens with zero attached hydrogens (tertiary/aromatic N) is 2. The third-order valence-corrected chi connectivity index (χ3v) is 5.68. The van der Waals surface area contributed by atoms with Crippen LogP contribution in [0.4, 0.5) is 11.4 Å². The number of hydrogen-bond donors (Lipinski definition) is 0. The molecule has 0 aromatic heterocycles. The van der Waals surface area contributed by atoms with E-state index in [0.29, 0.717) is 0 Å². The van der Waals surface area contributed by atoms with Gasteiger partial charge in [0, 0.05) is 36.1 Å². The van der Waals surface area contributed by atoms with Crippen LogP contribution in [-0.2, 0) is 6.42 Å². The predicted molar refractivity (Wildman–Crippen MR) is 121 cm³/mol. The van der Waals surface area contributed by atoms with E-state index in [4.69, 9.17) is 9.73 Å². The number of likely N-dealkylation sites (N-methyl/N-ethyl adjacent to an activating group) is 1. The van der Waals surface area contributed by atoms with E-state index in [-0.39, 0.29) is 5.54 Å². The second kappa shape index (κ2) is 8.22. The van der Waals surface area contributed by atoms with Crippen LogP contribution < -0.4 is 9.64 Å². The lowest BCUT2D eigenvalue weighted by molar-refractivity contribution is 0.414. The van der Waals surface area contributed by atoms with E-state index in [9.17, 15) is 0 Å². The van der Waals surface area contributed by atoms with E-state index in [1.165, 1.54) is 35.2 Å². The van der Waals surface area contributed by atoms with Gasteiger partial charge in [-0.25, -0.2) is 0 Å². The molecular formula is C25H32N2O. The van der Waals surface area contributed by atoms with Crippen molar-refractivity contribution in [3.05, 3.63) is 59.2 Å². The van der Waals surface area contributed by atoms with Gasteiger partial charge in [0.15, 0.2) is 0 Å². The Labute approximate surface area is 169 Å². The Morgan fingerprint density at radius 1 is 1.14 bits per heavy atom. The first-order valence-electron chi connectivity index (χ1n) is 10.1. The molecule has 0 aliphatic carbocycles. The van der Waals surface area contributed by atoms with Gasteiger partial charge in [-0.1, -0.05) is 31.6 Å². The van der Waals surface area contributed by atoms with E-state index in [1.54, 1.807) is 7.11 Å². The minimum absolute atomic E-state index is 0.0166. The summed E-state index contributed by atoms with van der Waals surface area (Å²) in [5.41, 5.74) is 7.03. The fourth-order valence-electron chi connectivity index (χ4n) is 3.75. The molecule has 0 spiro atoms. The molecular weight excluding hydrogens is 344 g/mol. The lowest BCUT2D eigenvalue weighted by atomic mass is 9.88. The number of allylic oxidation sites excluding steroid dienone is 1. The lowest BCUT2D eigenvalue weighted by Gasteiger charge is -2.40. The zero-order valence-corrected chi connectivity index (χ0v) is 18.0. The van der Waals surface area contributed by atoms with Crippen LogP contribution in [0.15, 0.2) is 47.5 Å². The van der Waals surface area contributed by atoms with Crippen molar-refractivity contribution in [1.82, 2.24) is 0 Å². The monoisotopic (exact) mass is 376 g/mol. The number of methoxy groups -OCH3 is 1. The maximum Gasteiger partial charge on any atom is 0.129 e. The van der Waals surface area contributed by atoms with Crippen molar-refractivity contribution in [3.8, 4) is 5.75 Å². The molecule has 0 saturated carbocycles. The summed E-state index contributed by atoms with van der Waals surface area (Å²) < 4.78 is 5.68. The van der Waals surface area contributed by atoms with Crippen molar-refractivity contribution >= 4 is 23.2 Å². The van der Waals surface area contributed by atoms with Crippen LogP contribution in [0.25, 0.3) is 5.57 Å². The molecule has 3 nitrogen and oxygen atoms in total. The maximum absolute atomic E-state index is 5.68. The number of fused-ring (bicyclic) bond motifs is 1. The minimum Gasteiger partial charge on any atom is -0.496 e. The molecule has 1 aliphatic heterocycles. The molecule has 0 bridgehead atoms. The van der Waals surface area contributed by atoms with Crippen LogP contribution in [0.3, 0.4) is 0 Å². The molecule has 2 aromatic rings. The Hall–Kier alpha value is -2.55. The molecule has 1 heterocycles. The van der Waals surface area contributed by atoms with Crippen LogP contribution in [0.1, 0.15) is 57.2 Å². The van der Waals surface area contributed by atoms with Gasteiger partial charge in [0.1, 0.15) is 5.75 Å². The molecule has 0 fully saturated rings. The van der Waals surface area contributed by atoms with E-state index >= 15 is 0 Å². The Morgan fingerprint density at radius 3 is 2.50 bits per heavy atom. The van der Waals surface area contributed by atoms with Crippen molar-refractivity contribution in [1.29, 1.82) is 0 Å². The predicted octanol–water partition coefficient (Wildman–Crippen LogP) is 6.42. The van der Waals surface area contributed by atoms with Crippen LogP contribution in [0, 0.1) is 0 Å². The number of hydrogen-bond acceptors (Lipinski definition) is 3. The molecule has 0 N–H and O–H groups in total. The first-order chi connectivity index (χ1) is 13.4. The number of rotatable bonds is 6. The molecule has 3 heteroatoms. The van der Waals surface area contributed by atoms with Crippen LogP contribution >= 0.6 is 0 Å². The molecule has 28 heavy (non-hydrogen) atoms. The number of aryl methyl sites for hydroxylation is 1. The summed E-state index contributed by atoms with van der Waals surface area (Å²) in [6.45, 7) is 8.85. The summed E-state index contributed by atoms with van der Waals surface area (Å²) in [6, 6.07) is 12.8. The first kappa shape index (κ1) is 20.2. The van der Waals surface area contributed by atoms with Gasteiger partial charge in [-0.15, -0.1) is 0 Å². The number of ether oxygens (including phenoxy) is 1. The normalized spacial score (nSPS) is 15.5. The lowest BCUT2D eigenvalue weighted by Crippen LogP contribution is -2.42. The van der Waals surface area contributed by atoms with Gasteiger partial charge in [-0.2, -0.15) is 0 Å². The summed E-state index contributed by atoms with van der Waals surface area (Å²) in [5.74, 6) is 0.847. The highest BCUT2D eigenvalue weighted by molar-refractivity contribution is 5.91. The number of unbranched alkanes of at least 4 members (excludes halogenated alkanes) is 1. The van der Waals surface area contributed by atoms with Gasteiger partial charge >= 0.3 is 0 Å². The number of benzene rings is 2. The molecule has 0 unspecified atom stereocenters. The molecule has 0 amide bonds. The van der Waals surface area contributed by atoms with Crippen molar-refractivity contribution in [2.75, 3.05) is 19.1 Å². The van der Waals surface area contributed by atoms with Crippen LogP contribution in [-0.4, -0.2) is 25.9 Å². The van der Waals surface area contributed by atoms with E-state index < -0.39 is 0 Å². The molecule has 3 rings (SSSR count). The molecule has 2 aromatic carbocycles.